The third-order valence-corrected chi connectivity index (χ3v) is 3.60. The first kappa shape index (κ1) is 13.5. The number of hydrogen-bond acceptors (Lipinski definition) is 2. The molecule has 2 nitrogen and oxygen atoms in total. The SMILES string of the molecule is CC#CCCC(CC1(OC)CCC1)NCC. The van der Waals surface area contributed by atoms with E-state index in [1.165, 1.54) is 19.3 Å². The van der Waals surface area contributed by atoms with Gasteiger partial charge >= 0.3 is 0 Å². The normalized spacial score (nSPS) is 19.4. The summed E-state index contributed by atoms with van der Waals surface area (Å²) < 4.78 is 5.68. The molecule has 1 N–H and O–H groups in total. The average molecular weight is 223 g/mol. The molecule has 0 aromatic rings. The van der Waals surface area contributed by atoms with Gasteiger partial charge in [-0.05, 0) is 45.6 Å². The molecule has 1 rings (SSSR count). The van der Waals surface area contributed by atoms with Crippen LogP contribution in [0.15, 0.2) is 0 Å². The maximum Gasteiger partial charge on any atom is 0.0693 e. The van der Waals surface area contributed by atoms with Crippen LogP contribution in [-0.4, -0.2) is 25.3 Å². The van der Waals surface area contributed by atoms with Crippen LogP contribution in [0.2, 0.25) is 0 Å². The standard InChI is InChI=1S/C14H25NO/c1-4-6-7-9-13(15-5-2)12-14(16-3)10-8-11-14/h13,15H,5,7-12H2,1-3H3. The number of nitrogens with one attached hydrogen (secondary N) is 1. The summed E-state index contributed by atoms with van der Waals surface area (Å²) in [6.45, 7) is 5.10. The molecule has 0 aromatic carbocycles. The van der Waals surface area contributed by atoms with Crippen molar-refractivity contribution in [3.63, 3.8) is 0 Å². The van der Waals surface area contributed by atoms with Crippen LogP contribution in [0.5, 0.6) is 0 Å². The highest BCUT2D eigenvalue weighted by Gasteiger charge is 2.38. The van der Waals surface area contributed by atoms with E-state index >= 15 is 0 Å². The summed E-state index contributed by atoms with van der Waals surface area (Å²) in [5.74, 6) is 6.11. The van der Waals surface area contributed by atoms with Crippen LogP contribution in [0.4, 0.5) is 0 Å². The summed E-state index contributed by atoms with van der Waals surface area (Å²) in [4.78, 5) is 0. The lowest BCUT2D eigenvalue weighted by Gasteiger charge is -2.43. The van der Waals surface area contributed by atoms with Gasteiger partial charge in [0.15, 0.2) is 0 Å². The first-order valence-corrected chi connectivity index (χ1v) is 6.44. The molecule has 0 aromatic heterocycles. The van der Waals surface area contributed by atoms with Crippen LogP contribution in [0.1, 0.15) is 52.4 Å². The fourth-order valence-corrected chi connectivity index (χ4v) is 2.45. The minimum absolute atomic E-state index is 0.173. The zero-order valence-electron chi connectivity index (χ0n) is 10.9. The molecule has 92 valence electrons. The summed E-state index contributed by atoms with van der Waals surface area (Å²) >= 11 is 0. The van der Waals surface area contributed by atoms with Crippen molar-refractivity contribution in [1.82, 2.24) is 5.32 Å². The predicted octanol–water partition coefficient (Wildman–Crippen LogP) is 2.73. The summed E-state index contributed by atoms with van der Waals surface area (Å²) in [5.41, 5.74) is 0.173. The van der Waals surface area contributed by atoms with Gasteiger partial charge in [-0.1, -0.05) is 6.92 Å². The van der Waals surface area contributed by atoms with Crippen molar-refractivity contribution in [3.8, 4) is 11.8 Å². The van der Waals surface area contributed by atoms with Gasteiger partial charge in [0.2, 0.25) is 0 Å². The monoisotopic (exact) mass is 223 g/mol. The first-order chi connectivity index (χ1) is 7.76. The van der Waals surface area contributed by atoms with Crippen molar-refractivity contribution in [1.29, 1.82) is 0 Å². The third kappa shape index (κ3) is 3.81. The lowest BCUT2D eigenvalue weighted by atomic mass is 9.75. The third-order valence-electron chi connectivity index (χ3n) is 3.60. The number of ether oxygens (including phenoxy) is 1. The maximum absolute atomic E-state index is 5.68. The molecule has 0 heterocycles. The van der Waals surface area contributed by atoms with Gasteiger partial charge in [-0.3, -0.25) is 0 Å². The lowest BCUT2D eigenvalue weighted by Crippen LogP contribution is -2.45. The second kappa shape index (κ2) is 6.93. The Balaban J connectivity index is 2.38. The molecule has 0 aliphatic heterocycles. The van der Waals surface area contributed by atoms with E-state index < -0.39 is 0 Å². The van der Waals surface area contributed by atoms with E-state index in [4.69, 9.17) is 4.74 Å². The van der Waals surface area contributed by atoms with Crippen LogP contribution >= 0.6 is 0 Å². The van der Waals surface area contributed by atoms with E-state index in [1.54, 1.807) is 0 Å². The lowest BCUT2D eigenvalue weighted by molar-refractivity contribution is -0.0837. The molecule has 0 saturated heterocycles. The second-order valence-electron chi connectivity index (χ2n) is 4.66. The Kier molecular flexibility index (Phi) is 5.87. The van der Waals surface area contributed by atoms with Gasteiger partial charge in [0.25, 0.3) is 0 Å². The Morgan fingerprint density at radius 3 is 2.62 bits per heavy atom. The Hall–Kier alpha value is -0.520. The quantitative estimate of drug-likeness (QED) is 0.670. The molecule has 0 amide bonds. The van der Waals surface area contributed by atoms with Crippen LogP contribution < -0.4 is 5.32 Å². The van der Waals surface area contributed by atoms with E-state index in [0.717, 1.165) is 25.8 Å². The van der Waals surface area contributed by atoms with Gasteiger partial charge in [-0.25, -0.2) is 0 Å². The van der Waals surface area contributed by atoms with Crippen molar-refractivity contribution in [2.24, 2.45) is 0 Å². The van der Waals surface area contributed by atoms with Gasteiger partial charge < -0.3 is 10.1 Å². The molecule has 0 radical (unpaired) electrons. The summed E-state index contributed by atoms with van der Waals surface area (Å²) in [6.07, 6.45) is 7.05. The Bertz CT molecular complexity index is 242. The molecule has 1 aliphatic carbocycles. The molecule has 2 heteroatoms. The summed E-state index contributed by atoms with van der Waals surface area (Å²) in [6, 6.07) is 0.561. The van der Waals surface area contributed by atoms with Crippen molar-refractivity contribution in [2.75, 3.05) is 13.7 Å². The van der Waals surface area contributed by atoms with E-state index in [-0.39, 0.29) is 5.60 Å². The number of methoxy groups -OCH3 is 1. The van der Waals surface area contributed by atoms with Crippen molar-refractivity contribution >= 4 is 0 Å². The van der Waals surface area contributed by atoms with Gasteiger partial charge in [-0.2, -0.15) is 0 Å². The zero-order chi connectivity index (χ0) is 11.9. The summed E-state index contributed by atoms with van der Waals surface area (Å²) in [5, 5.41) is 3.55. The molecular formula is C14H25NO. The highest BCUT2D eigenvalue weighted by Crippen LogP contribution is 2.39. The molecule has 16 heavy (non-hydrogen) atoms. The predicted molar refractivity (Wildman–Crippen MR) is 68.4 cm³/mol. The fourth-order valence-electron chi connectivity index (χ4n) is 2.45. The minimum Gasteiger partial charge on any atom is -0.378 e. The van der Waals surface area contributed by atoms with Crippen LogP contribution in [0.25, 0.3) is 0 Å². The van der Waals surface area contributed by atoms with Gasteiger partial charge in [-0.15, -0.1) is 11.8 Å². The molecule has 1 atom stereocenters. The van der Waals surface area contributed by atoms with Crippen LogP contribution in [-0.2, 0) is 4.74 Å². The van der Waals surface area contributed by atoms with E-state index in [2.05, 4.69) is 24.1 Å². The summed E-state index contributed by atoms with van der Waals surface area (Å²) in [7, 11) is 1.86. The van der Waals surface area contributed by atoms with Crippen LogP contribution in [0.3, 0.4) is 0 Å². The van der Waals surface area contributed by atoms with Crippen molar-refractivity contribution in [3.05, 3.63) is 0 Å². The maximum atomic E-state index is 5.68. The van der Waals surface area contributed by atoms with E-state index in [0.29, 0.717) is 6.04 Å². The largest absolute Gasteiger partial charge is 0.378 e. The number of rotatable bonds is 7. The molecule has 0 spiro atoms. The molecule has 1 aliphatic rings. The fraction of sp³-hybridized carbons (Fsp3) is 0.857. The topological polar surface area (TPSA) is 21.3 Å². The Morgan fingerprint density at radius 2 is 2.19 bits per heavy atom. The van der Waals surface area contributed by atoms with E-state index in [9.17, 15) is 0 Å². The second-order valence-corrected chi connectivity index (χ2v) is 4.66. The molecule has 0 bridgehead atoms. The average Bonchev–Trinajstić information content (AvgIpc) is 2.23. The van der Waals surface area contributed by atoms with Crippen molar-refractivity contribution < 1.29 is 4.74 Å². The van der Waals surface area contributed by atoms with Gasteiger partial charge in [0.05, 0.1) is 5.60 Å². The van der Waals surface area contributed by atoms with Gasteiger partial charge in [0.1, 0.15) is 0 Å². The highest BCUT2D eigenvalue weighted by atomic mass is 16.5. The van der Waals surface area contributed by atoms with Gasteiger partial charge in [0, 0.05) is 19.6 Å². The Morgan fingerprint density at radius 1 is 1.44 bits per heavy atom. The number of hydrogen-bond donors (Lipinski definition) is 1. The molecule has 1 unspecified atom stereocenters. The first-order valence-electron chi connectivity index (χ1n) is 6.44. The highest BCUT2D eigenvalue weighted by molar-refractivity contribution is 4.98. The van der Waals surface area contributed by atoms with Crippen LogP contribution in [0, 0.1) is 11.8 Å². The Labute approximate surface area is 100 Å². The molecule has 1 saturated carbocycles. The smallest absolute Gasteiger partial charge is 0.0693 e. The molecule has 1 fully saturated rings. The minimum atomic E-state index is 0.173. The van der Waals surface area contributed by atoms with Crippen molar-refractivity contribution in [2.45, 2.75) is 64.0 Å². The van der Waals surface area contributed by atoms with E-state index in [1.807, 2.05) is 14.0 Å². The molecular weight excluding hydrogens is 198 g/mol. The zero-order valence-corrected chi connectivity index (χ0v) is 10.9.